The molecule has 0 aliphatic rings. The molecule has 0 heterocycles. The zero-order valence-corrected chi connectivity index (χ0v) is 7.11. The van der Waals surface area contributed by atoms with E-state index >= 15 is 0 Å². The molecule has 0 nitrogen and oxygen atoms in total. The molecule has 0 unspecified atom stereocenters. The fraction of sp³-hybridized carbons (Fsp3) is 1.00. The van der Waals surface area contributed by atoms with Crippen LogP contribution in [0.2, 0.25) is 0 Å². The maximum absolute atomic E-state index is 12.3. The van der Waals surface area contributed by atoms with Crippen LogP contribution >= 0.6 is 0 Å². The minimum Gasteiger partial charge on any atom is -0.244 e. The molecule has 0 spiro atoms. The summed E-state index contributed by atoms with van der Waals surface area (Å²) in [6, 6.07) is 0. The lowest BCUT2D eigenvalue weighted by Gasteiger charge is -2.34. The molecule has 0 amide bonds. The van der Waals surface area contributed by atoms with Crippen molar-refractivity contribution in [3.05, 3.63) is 0 Å². The van der Waals surface area contributed by atoms with Gasteiger partial charge in [-0.3, -0.25) is 0 Å². The Bertz CT molecular complexity index is 225. The van der Waals surface area contributed by atoms with E-state index in [9.17, 15) is 39.5 Å². The van der Waals surface area contributed by atoms with Crippen molar-refractivity contribution in [3.63, 3.8) is 0 Å². The Labute approximate surface area is 78.1 Å². The lowest BCUT2D eigenvalue weighted by Crippen LogP contribution is -2.62. The molecule has 0 aromatic heterocycles. The van der Waals surface area contributed by atoms with Crippen molar-refractivity contribution < 1.29 is 39.5 Å². The van der Waals surface area contributed by atoms with Gasteiger partial charge in [0.2, 0.25) is 0 Å². The lowest BCUT2D eigenvalue weighted by atomic mass is 10.0. The monoisotopic (exact) mass is 248 g/mol. The number of hydrogen-bond acceptors (Lipinski definition) is 0. The van der Waals surface area contributed by atoms with Crippen molar-refractivity contribution in [2.45, 2.75) is 30.6 Å². The van der Waals surface area contributed by atoms with Crippen LogP contribution in [-0.4, -0.2) is 30.4 Å². The Morgan fingerprint density at radius 2 is 1.07 bits per heavy atom. The first-order valence-electron chi connectivity index (χ1n) is 3.38. The standard InChI is InChI=1S/C6H5F9/c1-3(8,9)5(12,13)6(14,15)4(10,11)2-7/h2H2,1H3. The molecule has 0 aromatic carbocycles. The highest BCUT2D eigenvalue weighted by Gasteiger charge is 2.79. The number of hydrogen-bond donors (Lipinski definition) is 0. The Kier molecular flexibility index (Phi) is 3.30. The van der Waals surface area contributed by atoms with Crippen LogP contribution in [0.15, 0.2) is 0 Å². The fourth-order valence-corrected chi connectivity index (χ4v) is 0.589. The summed E-state index contributed by atoms with van der Waals surface area (Å²) >= 11 is 0. The molecule has 0 bridgehead atoms. The van der Waals surface area contributed by atoms with Crippen LogP contribution in [0, 0.1) is 0 Å². The molecule has 0 saturated carbocycles. The quantitative estimate of drug-likeness (QED) is 0.668. The largest absolute Gasteiger partial charge is 0.380 e. The SMILES string of the molecule is CC(F)(F)C(F)(F)C(F)(F)C(F)(F)CF. The van der Waals surface area contributed by atoms with Gasteiger partial charge in [0.25, 0.3) is 0 Å². The first-order valence-corrected chi connectivity index (χ1v) is 3.38. The van der Waals surface area contributed by atoms with Crippen molar-refractivity contribution in [1.82, 2.24) is 0 Å². The molecule has 0 aromatic rings. The first-order chi connectivity index (χ1) is 6.31. The van der Waals surface area contributed by atoms with Gasteiger partial charge >= 0.3 is 23.7 Å². The van der Waals surface area contributed by atoms with Gasteiger partial charge in [0.1, 0.15) is 0 Å². The van der Waals surface area contributed by atoms with Gasteiger partial charge in [-0.15, -0.1) is 0 Å². The summed E-state index contributed by atoms with van der Waals surface area (Å²) in [5, 5.41) is 0. The van der Waals surface area contributed by atoms with E-state index in [0.717, 1.165) is 0 Å². The van der Waals surface area contributed by atoms with Crippen molar-refractivity contribution in [1.29, 1.82) is 0 Å². The second kappa shape index (κ2) is 3.44. The van der Waals surface area contributed by atoms with Gasteiger partial charge in [0.05, 0.1) is 0 Å². The van der Waals surface area contributed by atoms with Gasteiger partial charge in [0.15, 0.2) is 6.67 Å². The third-order valence-corrected chi connectivity index (χ3v) is 1.57. The summed E-state index contributed by atoms with van der Waals surface area (Å²) in [4.78, 5) is 0. The van der Waals surface area contributed by atoms with Crippen LogP contribution in [0.4, 0.5) is 39.5 Å². The van der Waals surface area contributed by atoms with Crippen LogP contribution in [0.5, 0.6) is 0 Å². The Balaban J connectivity index is 5.38. The van der Waals surface area contributed by atoms with E-state index in [1.807, 2.05) is 0 Å². The second-order valence-electron chi connectivity index (χ2n) is 2.88. The van der Waals surface area contributed by atoms with Crippen LogP contribution in [-0.2, 0) is 0 Å². The molecule has 15 heavy (non-hydrogen) atoms. The van der Waals surface area contributed by atoms with Crippen molar-refractivity contribution >= 4 is 0 Å². The van der Waals surface area contributed by atoms with Gasteiger partial charge in [-0.2, -0.15) is 35.1 Å². The topological polar surface area (TPSA) is 0 Å². The van der Waals surface area contributed by atoms with E-state index in [-0.39, 0.29) is 0 Å². The van der Waals surface area contributed by atoms with Crippen molar-refractivity contribution in [2.75, 3.05) is 6.67 Å². The molecule has 0 aliphatic heterocycles. The summed E-state index contributed by atoms with van der Waals surface area (Å²) in [5.41, 5.74) is 0. The molecule has 92 valence electrons. The predicted molar refractivity (Wildman–Crippen MR) is 31.4 cm³/mol. The molecule has 0 fully saturated rings. The maximum Gasteiger partial charge on any atom is 0.380 e. The zero-order chi connectivity index (χ0) is 12.7. The Morgan fingerprint density at radius 3 is 1.27 bits per heavy atom. The van der Waals surface area contributed by atoms with Crippen molar-refractivity contribution in [2.24, 2.45) is 0 Å². The van der Waals surface area contributed by atoms with Gasteiger partial charge in [-0.1, -0.05) is 0 Å². The summed E-state index contributed by atoms with van der Waals surface area (Å²) < 4.78 is 108. The van der Waals surface area contributed by atoms with Gasteiger partial charge in [-0.05, 0) is 0 Å². The summed E-state index contributed by atoms with van der Waals surface area (Å²) in [7, 11) is 0. The van der Waals surface area contributed by atoms with Crippen LogP contribution in [0.25, 0.3) is 0 Å². The maximum atomic E-state index is 12.3. The molecular weight excluding hydrogens is 243 g/mol. The molecule has 0 rings (SSSR count). The van der Waals surface area contributed by atoms with Crippen LogP contribution in [0.3, 0.4) is 0 Å². The molecule has 0 N–H and O–H groups in total. The smallest absolute Gasteiger partial charge is 0.244 e. The Hall–Kier alpha value is -0.630. The van der Waals surface area contributed by atoms with Gasteiger partial charge in [0, 0.05) is 6.92 Å². The third kappa shape index (κ3) is 2.00. The number of alkyl halides is 9. The highest BCUT2D eigenvalue weighted by atomic mass is 19.4. The Morgan fingerprint density at radius 1 is 0.733 bits per heavy atom. The van der Waals surface area contributed by atoms with Crippen LogP contribution in [0.1, 0.15) is 6.92 Å². The fourth-order valence-electron chi connectivity index (χ4n) is 0.589. The molecular formula is C6H5F9. The van der Waals surface area contributed by atoms with E-state index < -0.39 is 37.3 Å². The lowest BCUT2D eigenvalue weighted by molar-refractivity contribution is -0.363. The average molecular weight is 248 g/mol. The zero-order valence-electron chi connectivity index (χ0n) is 7.11. The minimum atomic E-state index is -6.47. The van der Waals surface area contributed by atoms with E-state index in [1.165, 1.54) is 0 Å². The molecule has 9 heteroatoms. The molecule has 0 aliphatic carbocycles. The number of rotatable bonds is 4. The highest BCUT2D eigenvalue weighted by molar-refractivity contribution is 5.01. The number of halogens is 9. The third-order valence-electron chi connectivity index (χ3n) is 1.57. The average Bonchev–Trinajstić information content (AvgIpc) is 2.01. The van der Waals surface area contributed by atoms with E-state index in [0.29, 0.717) is 0 Å². The van der Waals surface area contributed by atoms with Gasteiger partial charge < -0.3 is 0 Å². The minimum absolute atomic E-state index is 0.658. The van der Waals surface area contributed by atoms with Crippen LogP contribution < -0.4 is 0 Å². The van der Waals surface area contributed by atoms with Crippen molar-refractivity contribution in [3.8, 4) is 0 Å². The summed E-state index contributed by atoms with van der Waals surface area (Å²) in [6.45, 7) is -3.82. The van der Waals surface area contributed by atoms with E-state index in [4.69, 9.17) is 0 Å². The normalized spacial score (nSPS) is 15.6. The second-order valence-corrected chi connectivity index (χ2v) is 2.88. The predicted octanol–water partition coefficient (Wildman–Crippen LogP) is 3.52. The molecule has 0 saturated heterocycles. The highest BCUT2D eigenvalue weighted by Crippen LogP contribution is 2.52. The molecule has 0 radical (unpaired) electrons. The van der Waals surface area contributed by atoms with E-state index in [1.54, 1.807) is 0 Å². The first kappa shape index (κ1) is 14.4. The summed E-state index contributed by atoms with van der Waals surface area (Å²) in [6.07, 6.45) is 0. The van der Waals surface area contributed by atoms with E-state index in [2.05, 4.69) is 0 Å². The molecule has 0 atom stereocenters. The summed E-state index contributed by atoms with van der Waals surface area (Å²) in [5.74, 6) is -24.0. The van der Waals surface area contributed by atoms with Gasteiger partial charge in [-0.25, -0.2) is 4.39 Å².